The van der Waals surface area contributed by atoms with Gasteiger partial charge in [-0.25, -0.2) is 9.78 Å². The number of nitrogens with zero attached hydrogens (tertiary/aromatic N) is 2. The van der Waals surface area contributed by atoms with E-state index in [-0.39, 0.29) is 0 Å². The summed E-state index contributed by atoms with van der Waals surface area (Å²) in [7, 11) is 0. The lowest BCUT2D eigenvalue weighted by atomic mass is 10.4. The summed E-state index contributed by atoms with van der Waals surface area (Å²) >= 11 is 1.27. The summed E-state index contributed by atoms with van der Waals surface area (Å²) in [6, 6.07) is 0. The number of aromatic carboxylic acids is 1. The molecule has 16 heavy (non-hydrogen) atoms. The minimum Gasteiger partial charge on any atom is -0.477 e. The summed E-state index contributed by atoms with van der Waals surface area (Å²) in [6.45, 7) is 5.54. The Labute approximate surface area is 98.1 Å². The van der Waals surface area contributed by atoms with Gasteiger partial charge in [0.15, 0.2) is 5.13 Å². The molecule has 0 bridgehead atoms. The van der Waals surface area contributed by atoms with Crippen molar-refractivity contribution in [1.82, 2.24) is 10.3 Å². The fraction of sp³-hybridized carbons (Fsp3) is 0.600. The Balaban J connectivity index is 2.19. The molecule has 0 aliphatic carbocycles. The summed E-state index contributed by atoms with van der Waals surface area (Å²) in [5, 5.41) is 13.1. The van der Waals surface area contributed by atoms with Gasteiger partial charge < -0.3 is 15.3 Å². The van der Waals surface area contributed by atoms with E-state index in [1.807, 2.05) is 0 Å². The van der Waals surface area contributed by atoms with Crippen LogP contribution < -0.4 is 10.2 Å². The number of nitrogens with one attached hydrogen (secondary N) is 1. The van der Waals surface area contributed by atoms with Crippen LogP contribution in [0, 0.1) is 6.92 Å². The predicted octanol–water partition coefficient (Wildman–Crippen LogP) is 0.949. The molecule has 1 aliphatic heterocycles. The van der Waals surface area contributed by atoms with E-state index in [2.05, 4.69) is 15.2 Å². The van der Waals surface area contributed by atoms with Gasteiger partial charge >= 0.3 is 5.97 Å². The molecule has 0 unspecified atom stereocenters. The minimum absolute atomic E-state index is 0.354. The van der Waals surface area contributed by atoms with Crippen LogP contribution in [0.2, 0.25) is 0 Å². The molecular weight excluding hydrogens is 226 g/mol. The molecule has 0 spiro atoms. The third kappa shape index (κ3) is 2.33. The molecule has 2 heterocycles. The summed E-state index contributed by atoms with van der Waals surface area (Å²) in [5.74, 6) is -0.880. The highest BCUT2D eigenvalue weighted by atomic mass is 32.1. The molecule has 0 atom stereocenters. The SMILES string of the molecule is Cc1nc(N2CCCNCC2)sc1C(=O)O. The first kappa shape index (κ1) is 11.3. The second-order valence-corrected chi connectivity index (χ2v) is 4.78. The number of carboxylic acid groups (broad SMARTS) is 1. The second kappa shape index (κ2) is 4.80. The van der Waals surface area contributed by atoms with Crippen LogP contribution in [-0.4, -0.2) is 42.2 Å². The molecule has 1 aromatic heterocycles. The van der Waals surface area contributed by atoms with Crippen LogP contribution in [-0.2, 0) is 0 Å². The number of anilines is 1. The summed E-state index contributed by atoms with van der Waals surface area (Å²) < 4.78 is 0. The van der Waals surface area contributed by atoms with Crippen molar-refractivity contribution < 1.29 is 9.90 Å². The normalized spacial score (nSPS) is 17.2. The lowest BCUT2D eigenvalue weighted by Crippen LogP contribution is -2.27. The van der Waals surface area contributed by atoms with E-state index >= 15 is 0 Å². The molecule has 0 aromatic carbocycles. The molecule has 1 aromatic rings. The smallest absolute Gasteiger partial charge is 0.347 e. The van der Waals surface area contributed by atoms with Gasteiger partial charge in [0.2, 0.25) is 0 Å². The first-order valence-electron chi connectivity index (χ1n) is 5.35. The molecule has 1 aliphatic rings. The van der Waals surface area contributed by atoms with E-state index in [0.29, 0.717) is 10.6 Å². The first-order valence-corrected chi connectivity index (χ1v) is 6.16. The largest absolute Gasteiger partial charge is 0.477 e. The van der Waals surface area contributed by atoms with Crippen LogP contribution in [0.15, 0.2) is 0 Å². The number of hydrogen-bond donors (Lipinski definition) is 2. The predicted molar refractivity (Wildman–Crippen MR) is 63.5 cm³/mol. The second-order valence-electron chi connectivity index (χ2n) is 3.81. The van der Waals surface area contributed by atoms with Crippen molar-refractivity contribution in [2.24, 2.45) is 0 Å². The van der Waals surface area contributed by atoms with Crippen LogP contribution >= 0.6 is 11.3 Å². The Bertz CT molecular complexity index is 383. The lowest BCUT2D eigenvalue weighted by molar-refractivity contribution is 0.0701. The zero-order valence-corrected chi connectivity index (χ0v) is 10.0. The molecule has 88 valence electrons. The maximum absolute atomic E-state index is 10.9. The van der Waals surface area contributed by atoms with Gasteiger partial charge in [0, 0.05) is 19.6 Å². The topological polar surface area (TPSA) is 65.5 Å². The monoisotopic (exact) mass is 241 g/mol. The van der Waals surface area contributed by atoms with Crippen molar-refractivity contribution in [1.29, 1.82) is 0 Å². The van der Waals surface area contributed by atoms with Gasteiger partial charge in [-0.3, -0.25) is 0 Å². The molecule has 2 N–H and O–H groups in total. The molecule has 5 nitrogen and oxygen atoms in total. The van der Waals surface area contributed by atoms with Crippen LogP contribution in [0.3, 0.4) is 0 Å². The quantitative estimate of drug-likeness (QED) is 0.807. The van der Waals surface area contributed by atoms with Crippen LogP contribution in [0.4, 0.5) is 5.13 Å². The fourth-order valence-corrected chi connectivity index (χ4v) is 2.71. The van der Waals surface area contributed by atoms with Crippen LogP contribution in [0.1, 0.15) is 21.8 Å². The minimum atomic E-state index is -0.880. The molecule has 0 amide bonds. The van der Waals surface area contributed by atoms with Gasteiger partial charge in [-0.1, -0.05) is 11.3 Å². The van der Waals surface area contributed by atoms with Crippen LogP contribution in [0.25, 0.3) is 0 Å². The van der Waals surface area contributed by atoms with Gasteiger partial charge in [0.05, 0.1) is 5.69 Å². The summed E-state index contributed by atoms with van der Waals surface area (Å²) in [5.41, 5.74) is 0.615. The highest BCUT2D eigenvalue weighted by Gasteiger charge is 2.18. The number of hydrogen-bond acceptors (Lipinski definition) is 5. The van der Waals surface area contributed by atoms with E-state index in [9.17, 15) is 4.79 Å². The number of carboxylic acids is 1. The van der Waals surface area contributed by atoms with Gasteiger partial charge in [-0.05, 0) is 19.9 Å². The summed E-state index contributed by atoms with van der Waals surface area (Å²) in [4.78, 5) is 17.8. The van der Waals surface area contributed by atoms with Crippen molar-refractivity contribution in [3.05, 3.63) is 10.6 Å². The molecule has 0 saturated carbocycles. The Morgan fingerprint density at radius 2 is 2.31 bits per heavy atom. The van der Waals surface area contributed by atoms with E-state index in [1.54, 1.807) is 6.92 Å². The van der Waals surface area contributed by atoms with Gasteiger partial charge in [0.25, 0.3) is 0 Å². The van der Waals surface area contributed by atoms with Crippen molar-refractivity contribution in [3.63, 3.8) is 0 Å². The first-order chi connectivity index (χ1) is 7.68. The average molecular weight is 241 g/mol. The number of thiazole rings is 1. The third-order valence-electron chi connectivity index (χ3n) is 2.59. The average Bonchev–Trinajstić information content (AvgIpc) is 2.50. The molecule has 6 heteroatoms. The highest BCUT2D eigenvalue weighted by Crippen LogP contribution is 2.26. The fourth-order valence-electron chi connectivity index (χ4n) is 1.75. The Hall–Kier alpha value is -1.14. The summed E-state index contributed by atoms with van der Waals surface area (Å²) in [6.07, 6.45) is 1.07. The van der Waals surface area contributed by atoms with E-state index in [0.717, 1.165) is 37.7 Å². The maximum Gasteiger partial charge on any atom is 0.347 e. The zero-order valence-electron chi connectivity index (χ0n) is 9.19. The number of aromatic nitrogens is 1. The van der Waals surface area contributed by atoms with Gasteiger partial charge in [0.1, 0.15) is 4.88 Å². The molecule has 1 fully saturated rings. The highest BCUT2D eigenvalue weighted by molar-refractivity contribution is 7.17. The Morgan fingerprint density at radius 3 is 3.00 bits per heavy atom. The number of aryl methyl sites for hydroxylation is 1. The van der Waals surface area contributed by atoms with E-state index < -0.39 is 5.97 Å². The van der Waals surface area contributed by atoms with E-state index in [4.69, 9.17) is 5.11 Å². The standard InChI is InChI=1S/C10H15N3O2S/c1-7-8(9(14)15)16-10(12-7)13-5-2-3-11-4-6-13/h11H,2-6H2,1H3,(H,14,15). The molecular formula is C10H15N3O2S. The number of rotatable bonds is 2. The Kier molecular flexibility index (Phi) is 3.40. The number of carbonyl (C=O) groups is 1. The molecule has 0 radical (unpaired) electrons. The molecule has 2 rings (SSSR count). The van der Waals surface area contributed by atoms with Gasteiger partial charge in [-0.2, -0.15) is 0 Å². The third-order valence-corrected chi connectivity index (χ3v) is 3.80. The van der Waals surface area contributed by atoms with Crippen LogP contribution in [0.5, 0.6) is 0 Å². The maximum atomic E-state index is 10.9. The molecule has 1 saturated heterocycles. The van der Waals surface area contributed by atoms with Gasteiger partial charge in [-0.15, -0.1) is 0 Å². The van der Waals surface area contributed by atoms with Crippen molar-refractivity contribution in [2.45, 2.75) is 13.3 Å². The zero-order chi connectivity index (χ0) is 11.5. The van der Waals surface area contributed by atoms with Crippen molar-refractivity contribution >= 4 is 22.4 Å². The van der Waals surface area contributed by atoms with E-state index in [1.165, 1.54) is 11.3 Å². The Morgan fingerprint density at radius 1 is 1.50 bits per heavy atom. The van der Waals surface area contributed by atoms with Crippen molar-refractivity contribution in [3.8, 4) is 0 Å². The lowest BCUT2D eigenvalue weighted by Gasteiger charge is -2.18. The van der Waals surface area contributed by atoms with Crippen molar-refractivity contribution in [2.75, 3.05) is 31.1 Å².